The number of hydrogen-bond donors (Lipinski definition) is 1. The smallest absolute Gasteiger partial charge is 0.0917 e. The molecule has 0 aromatic heterocycles. The summed E-state index contributed by atoms with van der Waals surface area (Å²) in [7, 11) is 2.18. The van der Waals surface area contributed by atoms with E-state index in [0.29, 0.717) is 12.1 Å². The van der Waals surface area contributed by atoms with Gasteiger partial charge < -0.3 is 5.11 Å². The number of hydrogen-bond acceptors (Lipinski definition) is 3. The van der Waals surface area contributed by atoms with Crippen LogP contribution in [0.2, 0.25) is 0 Å². The molecule has 0 radical (unpaired) electrons. The van der Waals surface area contributed by atoms with Gasteiger partial charge in [0.1, 0.15) is 0 Å². The van der Waals surface area contributed by atoms with E-state index in [1.165, 1.54) is 5.56 Å². The maximum atomic E-state index is 10.4. The van der Waals surface area contributed by atoms with Crippen LogP contribution in [0.15, 0.2) is 24.3 Å². The van der Waals surface area contributed by atoms with Crippen LogP contribution in [0.5, 0.6) is 0 Å². The molecule has 19 heavy (non-hydrogen) atoms. The number of piperazine rings is 1. The molecule has 0 aliphatic carbocycles. The average molecular weight is 262 g/mol. The highest BCUT2D eigenvalue weighted by Gasteiger charge is 2.27. The predicted molar refractivity (Wildman–Crippen MR) is 79.3 cm³/mol. The van der Waals surface area contributed by atoms with Crippen molar-refractivity contribution in [1.29, 1.82) is 0 Å². The minimum Gasteiger partial charge on any atom is -0.387 e. The molecule has 1 aliphatic rings. The Balaban J connectivity index is 1.97. The molecule has 3 unspecified atom stereocenters. The van der Waals surface area contributed by atoms with E-state index in [9.17, 15) is 5.11 Å². The van der Waals surface area contributed by atoms with E-state index in [-0.39, 0.29) is 6.10 Å². The summed E-state index contributed by atoms with van der Waals surface area (Å²) in [5, 5.41) is 10.4. The first kappa shape index (κ1) is 14.5. The van der Waals surface area contributed by atoms with Gasteiger partial charge in [-0.2, -0.15) is 0 Å². The van der Waals surface area contributed by atoms with E-state index >= 15 is 0 Å². The fourth-order valence-corrected chi connectivity index (χ4v) is 2.89. The Morgan fingerprint density at radius 3 is 2.47 bits per heavy atom. The molecule has 106 valence electrons. The third kappa shape index (κ3) is 3.56. The Bertz CT molecular complexity index is 409. The van der Waals surface area contributed by atoms with Gasteiger partial charge >= 0.3 is 0 Å². The molecule has 1 saturated heterocycles. The molecule has 1 fully saturated rings. The van der Waals surface area contributed by atoms with E-state index in [1.54, 1.807) is 0 Å². The highest BCUT2D eigenvalue weighted by atomic mass is 16.3. The summed E-state index contributed by atoms with van der Waals surface area (Å²) in [5.74, 6) is 0. The molecule has 0 bridgehead atoms. The quantitative estimate of drug-likeness (QED) is 0.903. The Kier molecular flexibility index (Phi) is 4.61. The summed E-state index contributed by atoms with van der Waals surface area (Å²) in [6.45, 7) is 9.36. The van der Waals surface area contributed by atoms with Crippen LogP contribution in [-0.4, -0.2) is 53.7 Å². The van der Waals surface area contributed by atoms with Crippen LogP contribution in [0.4, 0.5) is 0 Å². The van der Waals surface area contributed by atoms with Gasteiger partial charge in [0, 0.05) is 31.7 Å². The van der Waals surface area contributed by atoms with Crippen molar-refractivity contribution in [1.82, 2.24) is 9.80 Å². The maximum absolute atomic E-state index is 10.4. The van der Waals surface area contributed by atoms with Crippen molar-refractivity contribution in [3.8, 4) is 0 Å². The zero-order valence-electron chi connectivity index (χ0n) is 12.5. The second-order valence-electron chi connectivity index (χ2n) is 6.01. The first-order valence-electron chi connectivity index (χ1n) is 7.16. The van der Waals surface area contributed by atoms with Crippen molar-refractivity contribution in [3.05, 3.63) is 35.4 Å². The predicted octanol–water partition coefficient (Wildman–Crippen LogP) is 2.05. The van der Waals surface area contributed by atoms with E-state index in [0.717, 1.165) is 25.2 Å². The molecule has 1 aromatic rings. The lowest BCUT2D eigenvalue weighted by molar-refractivity contribution is 0.0282. The standard InChI is InChI=1S/C16H26N2O/c1-12-6-5-7-15(8-12)16(19)11-18-9-13(2)17(4)14(3)10-18/h5-8,13-14,16,19H,9-11H2,1-4H3. The number of aliphatic hydroxyl groups is 1. The van der Waals surface area contributed by atoms with Gasteiger partial charge in [-0.05, 0) is 33.4 Å². The molecule has 1 aromatic carbocycles. The fraction of sp³-hybridized carbons (Fsp3) is 0.625. The van der Waals surface area contributed by atoms with E-state index in [1.807, 2.05) is 12.1 Å². The molecule has 3 atom stereocenters. The number of β-amino-alcohol motifs (C(OH)–C–C–N with tert-alkyl or cyclic N) is 1. The summed E-state index contributed by atoms with van der Waals surface area (Å²) in [6, 6.07) is 9.27. The van der Waals surface area contributed by atoms with Gasteiger partial charge in [-0.15, -0.1) is 0 Å². The molecule has 1 heterocycles. The summed E-state index contributed by atoms with van der Waals surface area (Å²) in [5.41, 5.74) is 2.23. The molecule has 3 heteroatoms. The van der Waals surface area contributed by atoms with Crippen LogP contribution in [0, 0.1) is 6.92 Å². The second kappa shape index (κ2) is 6.04. The number of aliphatic hydroxyl groups excluding tert-OH is 1. The molecule has 0 spiro atoms. The lowest BCUT2D eigenvalue weighted by Crippen LogP contribution is -2.55. The monoisotopic (exact) mass is 262 g/mol. The van der Waals surface area contributed by atoms with Crippen LogP contribution in [-0.2, 0) is 0 Å². The van der Waals surface area contributed by atoms with Gasteiger partial charge in [0.2, 0.25) is 0 Å². The maximum Gasteiger partial charge on any atom is 0.0917 e. The number of nitrogens with zero attached hydrogens (tertiary/aromatic N) is 2. The van der Waals surface area contributed by atoms with E-state index in [4.69, 9.17) is 0 Å². The number of rotatable bonds is 3. The van der Waals surface area contributed by atoms with Crippen molar-refractivity contribution in [2.45, 2.75) is 39.0 Å². The lowest BCUT2D eigenvalue weighted by atomic mass is 10.0. The SMILES string of the molecule is Cc1cccc(C(O)CN2CC(C)N(C)C(C)C2)c1. The molecule has 0 saturated carbocycles. The summed E-state index contributed by atoms with van der Waals surface area (Å²) >= 11 is 0. The van der Waals surface area contributed by atoms with Gasteiger partial charge in [-0.3, -0.25) is 9.80 Å². The largest absolute Gasteiger partial charge is 0.387 e. The average Bonchev–Trinajstić information content (AvgIpc) is 2.36. The minimum atomic E-state index is -0.386. The van der Waals surface area contributed by atoms with Crippen molar-refractivity contribution < 1.29 is 5.11 Å². The fourth-order valence-electron chi connectivity index (χ4n) is 2.89. The third-order valence-electron chi connectivity index (χ3n) is 4.29. The summed E-state index contributed by atoms with van der Waals surface area (Å²) < 4.78 is 0. The topological polar surface area (TPSA) is 26.7 Å². The Morgan fingerprint density at radius 1 is 1.26 bits per heavy atom. The molecule has 3 nitrogen and oxygen atoms in total. The van der Waals surface area contributed by atoms with Gasteiger partial charge in [0.05, 0.1) is 6.10 Å². The lowest BCUT2D eigenvalue weighted by Gasteiger charge is -2.43. The number of aryl methyl sites for hydroxylation is 1. The molecule has 2 rings (SSSR count). The zero-order chi connectivity index (χ0) is 14.0. The number of likely N-dealkylation sites (N-methyl/N-ethyl adjacent to an activating group) is 1. The van der Waals surface area contributed by atoms with Crippen LogP contribution < -0.4 is 0 Å². The Hall–Kier alpha value is -0.900. The summed E-state index contributed by atoms with van der Waals surface area (Å²) in [4.78, 5) is 4.79. The van der Waals surface area contributed by atoms with Crippen LogP contribution in [0.1, 0.15) is 31.1 Å². The third-order valence-corrected chi connectivity index (χ3v) is 4.29. The number of benzene rings is 1. The highest BCUT2D eigenvalue weighted by Crippen LogP contribution is 2.19. The zero-order valence-corrected chi connectivity index (χ0v) is 12.5. The van der Waals surface area contributed by atoms with Crippen LogP contribution in [0.25, 0.3) is 0 Å². The Morgan fingerprint density at radius 2 is 1.89 bits per heavy atom. The van der Waals surface area contributed by atoms with Crippen LogP contribution in [0.3, 0.4) is 0 Å². The van der Waals surface area contributed by atoms with E-state index in [2.05, 4.69) is 49.8 Å². The van der Waals surface area contributed by atoms with Crippen molar-refractivity contribution in [2.75, 3.05) is 26.7 Å². The normalized spacial score (nSPS) is 27.4. The highest BCUT2D eigenvalue weighted by molar-refractivity contribution is 5.24. The second-order valence-corrected chi connectivity index (χ2v) is 6.01. The van der Waals surface area contributed by atoms with Crippen molar-refractivity contribution in [2.24, 2.45) is 0 Å². The molecule has 1 aliphatic heterocycles. The van der Waals surface area contributed by atoms with Gasteiger partial charge in [-0.25, -0.2) is 0 Å². The van der Waals surface area contributed by atoms with Crippen molar-refractivity contribution >= 4 is 0 Å². The van der Waals surface area contributed by atoms with Crippen molar-refractivity contribution in [3.63, 3.8) is 0 Å². The molecular weight excluding hydrogens is 236 g/mol. The molecule has 0 amide bonds. The van der Waals surface area contributed by atoms with E-state index < -0.39 is 0 Å². The first-order valence-corrected chi connectivity index (χ1v) is 7.16. The van der Waals surface area contributed by atoms with Gasteiger partial charge in [0.25, 0.3) is 0 Å². The van der Waals surface area contributed by atoms with Gasteiger partial charge in [-0.1, -0.05) is 29.8 Å². The molecule has 1 N–H and O–H groups in total. The molecular formula is C16H26N2O. The van der Waals surface area contributed by atoms with Gasteiger partial charge in [0.15, 0.2) is 0 Å². The first-order chi connectivity index (χ1) is 8.97. The van der Waals surface area contributed by atoms with Crippen LogP contribution >= 0.6 is 0 Å². The summed E-state index contributed by atoms with van der Waals surface area (Å²) in [6.07, 6.45) is -0.386. The minimum absolute atomic E-state index is 0.386. The Labute approximate surface area is 116 Å².